The van der Waals surface area contributed by atoms with Gasteiger partial charge in [0.1, 0.15) is 0 Å². The van der Waals surface area contributed by atoms with Crippen LogP contribution in [-0.2, 0) is 25.5 Å². The van der Waals surface area contributed by atoms with Gasteiger partial charge in [-0.2, -0.15) is 0 Å². The van der Waals surface area contributed by atoms with E-state index in [1.807, 2.05) is 12.5 Å². The zero-order valence-electron chi connectivity index (χ0n) is 21.1. The van der Waals surface area contributed by atoms with Gasteiger partial charge in [-0.05, 0) is 57.3 Å². The van der Waals surface area contributed by atoms with E-state index in [9.17, 15) is 19.5 Å². The number of rotatable bonds is 11. The molecule has 2 unspecified atom stereocenters. The highest BCUT2D eigenvalue weighted by atomic mass is 16.7. The molecular weight excluding hydrogens is 450 g/mol. The molecule has 0 bridgehead atoms. The van der Waals surface area contributed by atoms with Gasteiger partial charge >= 0.3 is 18.0 Å². The van der Waals surface area contributed by atoms with Crippen molar-refractivity contribution in [3.8, 4) is 0 Å². The van der Waals surface area contributed by atoms with Gasteiger partial charge in [0, 0.05) is 32.1 Å². The van der Waals surface area contributed by atoms with Crippen LogP contribution in [-0.4, -0.2) is 45.5 Å². The van der Waals surface area contributed by atoms with Crippen LogP contribution in [0.25, 0.3) is 0 Å². The molecule has 0 saturated heterocycles. The number of carbonyl (C=O) groups is 3. The molecule has 9 nitrogen and oxygen atoms in total. The highest BCUT2D eigenvalue weighted by Crippen LogP contribution is 2.32. The number of nitrogens with zero attached hydrogens (tertiary/aromatic N) is 2. The molecule has 0 aliphatic heterocycles. The predicted molar refractivity (Wildman–Crippen MR) is 130 cm³/mol. The Hall–Kier alpha value is -2.58. The minimum absolute atomic E-state index is 0.108. The molecule has 2 saturated carbocycles. The van der Waals surface area contributed by atoms with E-state index in [0.717, 1.165) is 56.6 Å². The van der Waals surface area contributed by atoms with E-state index >= 15 is 0 Å². The fraction of sp³-hybridized carbons (Fsp3) is 0.769. The number of imidazole rings is 1. The van der Waals surface area contributed by atoms with Crippen molar-refractivity contribution in [2.24, 2.45) is 17.8 Å². The van der Waals surface area contributed by atoms with E-state index in [1.165, 1.54) is 19.8 Å². The van der Waals surface area contributed by atoms with Gasteiger partial charge in [0.2, 0.25) is 6.29 Å². The maximum absolute atomic E-state index is 12.1. The first-order valence-electron chi connectivity index (χ1n) is 13.2. The van der Waals surface area contributed by atoms with Gasteiger partial charge in [0.25, 0.3) is 0 Å². The second-order valence-electron chi connectivity index (χ2n) is 10.3. The van der Waals surface area contributed by atoms with E-state index in [-0.39, 0.29) is 18.4 Å². The van der Waals surface area contributed by atoms with Crippen LogP contribution in [0.2, 0.25) is 0 Å². The van der Waals surface area contributed by atoms with Gasteiger partial charge < -0.3 is 24.5 Å². The number of carboxylic acid groups (broad SMARTS) is 1. The standard InChI is InChI=1S/C26H41N3O6/c1-18-10-12-23(13-11-18)29-16-22(28-17-29)15-21(24(30)31)9-6-14-27-26(33)35-19(2)34-25(32)20-7-4-3-5-8-20/h16-21,23H,3-15H2,1-2H3,(H,27,33)(H,30,31)/t18-,19?,21?,23-. The first-order valence-corrected chi connectivity index (χ1v) is 13.2. The molecule has 196 valence electrons. The number of aliphatic carboxylic acids is 1. The summed E-state index contributed by atoms with van der Waals surface area (Å²) < 4.78 is 12.5. The lowest BCUT2D eigenvalue weighted by atomic mass is 9.87. The van der Waals surface area contributed by atoms with Crippen molar-refractivity contribution in [2.45, 2.75) is 103 Å². The third kappa shape index (κ3) is 8.85. The largest absolute Gasteiger partial charge is 0.481 e. The zero-order chi connectivity index (χ0) is 25.2. The van der Waals surface area contributed by atoms with E-state index in [2.05, 4.69) is 21.8 Å². The van der Waals surface area contributed by atoms with Crippen molar-refractivity contribution in [2.75, 3.05) is 6.54 Å². The van der Waals surface area contributed by atoms with Crippen molar-refractivity contribution in [3.05, 3.63) is 18.2 Å². The summed E-state index contributed by atoms with van der Waals surface area (Å²) in [6, 6.07) is 0.454. The predicted octanol–water partition coefficient (Wildman–Crippen LogP) is 4.85. The molecule has 2 aliphatic rings. The number of nitrogens with one attached hydrogen (secondary N) is 1. The minimum atomic E-state index is -0.960. The summed E-state index contributed by atoms with van der Waals surface area (Å²) in [4.78, 5) is 40.4. The molecule has 2 fully saturated rings. The molecule has 0 spiro atoms. The number of hydrogen-bond donors (Lipinski definition) is 2. The first kappa shape index (κ1) is 27.0. The Bertz CT molecular complexity index is 827. The van der Waals surface area contributed by atoms with Gasteiger partial charge in [0.15, 0.2) is 0 Å². The van der Waals surface area contributed by atoms with Crippen molar-refractivity contribution in [3.63, 3.8) is 0 Å². The van der Waals surface area contributed by atoms with Crippen LogP contribution in [0.15, 0.2) is 12.5 Å². The maximum Gasteiger partial charge on any atom is 0.410 e. The number of esters is 1. The monoisotopic (exact) mass is 491 g/mol. The summed E-state index contributed by atoms with van der Waals surface area (Å²) in [5.41, 5.74) is 0.789. The summed E-state index contributed by atoms with van der Waals surface area (Å²) >= 11 is 0. The number of aromatic nitrogens is 2. The Kier molecular flexibility index (Phi) is 10.4. The van der Waals surface area contributed by atoms with E-state index < -0.39 is 24.3 Å². The molecule has 35 heavy (non-hydrogen) atoms. The average molecular weight is 492 g/mol. The van der Waals surface area contributed by atoms with Crippen LogP contribution in [0.3, 0.4) is 0 Å². The molecule has 0 radical (unpaired) electrons. The number of alkyl carbamates (subject to hydrolysis) is 1. The SMILES string of the molecule is CC(OC(=O)NCCCC(Cc1cn([C@H]2CC[C@H](C)CC2)cn1)C(=O)O)OC(=O)C1CCCCC1. The van der Waals surface area contributed by atoms with Crippen LogP contribution in [0.4, 0.5) is 4.79 Å². The van der Waals surface area contributed by atoms with Crippen LogP contribution >= 0.6 is 0 Å². The Labute approximate surface area is 208 Å². The van der Waals surface area contributed by atoms with Crippen molar-refractivity contribution < 1.29 is 29.0 Å². The summed E-state index contributed by atoms with van der Waals surface area (Å²) in [5.74, 6) is -1.08. The van der Waals surface area contributed by atoms with Gasteiger partial charge in [-0.25, -0.2) is 9.78 Å². The summed E-state index contributed by atoms with van der Waals surface area (Å²) in [5, 5.41) is 12.3. The second-order valence-corrected chi connectivity index (χ2v) is 10.3. The third-order valence-corrected chi connectivity index (χ3v) is 7.36. The maximum atomic E-state index is 12.1. The van der Waals surface area contributed by atoms with Crippen LogP contribution in [0, 0.1) is 17.8 Å². The van der Waals surface area contributed by atoms with Crippen molar-refractivity contribution in [1.29, 1.82) is 0 Å². The molecule has 2 atom stereocenters. The molecule has 2 aliphatic carbocycles. The third-order valence-electron chi connectivity index (χ3n) is 7.36. The smallest absolute Gasteiger partial charge is 0.410 e. The van der Waals surface area contributed by atoms with Crippen molar-refractivity contribution >= 4 is 18.0 Å². The molecule has 9 heteroatoms. The second kappa shape index (κ2) is 13.5. The van der Waals surface area contributed by atoms with E-state index in [0.29, 0.717) is 25.3 Å². The molecule has 0 aromatic carbocycles. The van der Waals surface area contributed by atoms with E-state index in [1.54, 1.807) is 0 Å². The first-order chi connectivity index (χ1) is 16.8. The lowest BCUT2D eigenvalue weighted by molar-refractivity contribution is -0.171. The van der Waals surface area contributed by atoms with Gasteiger partial charge in [-0.1, -0.05) is 26.2 Å². The van der Waals surface area contributed by atoms with E-state index in [4.69, 9.17) is 9.47 Å². The molecule has 1 aromatic rings. The lowest BCUT2D eigenvalue weighted by Gasteiger charge is -2.26. The Balaban J connectivity index is 1.34. The molecule has 2 N–H and O–H groups in total. The van der Waals surface area contributed by atoms with Gasteiger partial charge in [-0.3, -0.25) is 9.59 Å². The quantitative estimate of drug-likeness (QED) is 0.258. The van der Waals surface area contributed by atoms with Crippen LogP contribution < -0.4 is 5.32 Å². The number of ether oxygens (including phenoxy) is 2. The summed E-state index contributed by atoms with van der Waals surface area (Å²) in [7, 11) is 0. The zero-order valence-corrected chi connectivity index (χ0v) is 21.1. The molecule has 1 amide bonds. The number of hydrogen-bond acceptors (Lipinski definition) is 6. The number of carboxylic acids is 1. The minimum Gasteiger partial charge on any atom is -0.481 e. The highest BCUT2D eigenvalue weighted by molar-refractivity contribution is 5.73. The Morgan fingerprint density at radius 3 is 2.51 bits per heavy atom. The number of amides is 1. The fourth-order valence-corrected chi connectivity index (χ4v) is 5.14. The average Bonchev–Trinajstić information content (AvgIpc) is 3.30. The fourth-order valence-electron chi connectivity index (χ4n) is 5.14. The van der Waals surface area contributed by atoms with Crippen molar-refractivity contribution in [1.82, 2.24) is 14.9 Å². The molecular formula is C26H41N3O6. The molecule has 1 aromatic heterocycles. The summed E-state index contributed by atoms with van der Waals surface area (Å²) in [6.07, 6.45) is 13.0. The number of carbonyl (C=O) groups excluding carboxylic acids is 2. The Morgan fingerprint density at radius 1 is 1.11 bits per heavy atom. The molecule has 1 heterocycles. The normalized spacial score (nSPS) is 22.7. The highest BCUT2D eigenvalue weighted by Gasteiger charge is 2.25. The van der Waals surface area contributed by atoms with Gasteiger partial charge in [-0.15, -0.1) is 0 Å². The molecule has 3 rings (SSSR count). The Morgan fingerprint density at radius 2 is 1.83 bits per heavy atom. The van der Waals surface area contributed by atoms with Crippen LogP contribution in [0.5, 0.6) is 0 Å². The topological polar surface area (TPSA) is 120 Å². The van der Waals surface area contributed by atoms with Gasteiger partial charge in [0.05, 0.1) is 23.9 Å². The van der Waals surface area contributed by atoms with Crippen LogP contribution in [0.1, 0.15) is 96.2 Å². The summed E-state index contributed by atoms with van der Waals surface area (Å²) in [6.45, 7) is 4.09. The lowest BCUT2D eigenvalue weighted by Crippen LogP contribution is -2.32.